The number of aryl methyl sites for hydroxylation is 1. The Morgan fingerprint density at radius 1 is 1.22 bits per heavy atom. The number of rotatable bonds is 12. The molecule has 1 aliphatic heterocycles. The Labute approximate surface area is 218 Å². The third-order valence-corrected chi connectivity index (χ3v) is 7.17. The van der Waals surface area contributed by atoms with Gasteiger partial charge in [-0.05, 0) is 67.9 Å². The van der Waals surface area contributed by atoms with Gasteiger partial charge < -0.3 is 14.8 Å². The zero-order valence-electron chi connectivity index (χ0n) is 23.5. The molecule has 36 heavy (non-hydrogen) atoms. The van der Waals surface area contributed by atoms with Crippen LogP contribution in [-0.2, 0) is 15.9 Å². The molecule has 1 atom stereocenters. The summed E-state index contributed by atoms with van der Waals surface area (Å²) < 4.78 is 11.0. The predicted molar refractivity (Wildman–Crippen MR) is 151 cm³/mol. The molecule has 1 N–H and O–H groups in total. The quantitative estimate of drug-likeness (QED) is 0.393. The van der Waals surface area contributed by atoms with Crippen LogP contribution < -0.4 is 5.32 Å². The van der Waals surface area contributed by atoms with Crippen molar-refractivity contribution in [1.29, 1.82) is 0 Å². The molecule has 3 rings (SSSR count). The van der Waals surface area contributed by atoms with Crippen LogP contribution in [0.4, 0.5) is 5.82 Å². The molecule has 0 radical (unpaired) electrons. The summed E-state index contributed by atoms with van der Waals surface area (Å²) in [5.74, 6) is 1.77. The Morgan fingerprint density at radius 2 is 1.97 bits per heavy atom. The van der Waals surface area contributed by atoms with Gasteiger partial charge in [-0.15, -0.1) is 0 Å². The van der Waals surface area contributed by atoms with Crippen LogP contribution in [0.15, 0.2) is 24.3 Å². The molecule has 198 valence electrons. The molecule has 0 saturated carbocycles. The molecule has 0 unspecified atom stereocenters. The van der Waals surface area contributed by atoms with Crippen LogP contribution in [-0.4, -0.2) is 68.0 Å². The van der Waals surface area contributed by atoms with Gasteiger partial charge in [-0.3, -0.25) is 4.90 Å². The van der Waals surface area contributed by atoms with E-state index in [0.717, 1.165) is 87.3 Å². The van der Waals surface area contributed by atoms with Crippen molar-refractivity contribution in [2.45, 2.75) is 60.3 Å². The number of hydrogen-bond acceptors (Lipinski definition) is 6. The second-order valence-corrected chi connectivity index (χ2v) is 10.2. The van der Waals surface area contributed by atoms with Gasteiger partial charge in [-0.2, -0.15) is 0 Å². The molecule has 0 spiro atoms. The van der Waals surface area contributed by atoms with E-state index in [9.17, 15) is 0 Å². The number of morpholine rings is 1. The van der Waals surface area contributed by atoms with E-state index in [2.05, 4.69) is 76.0 Å². The van der Waals surface area contributed by atoms with Crippen LogP contribution in [0, 0.1) is 12.8 Å². The second kappa shape index (κ2) is 13.9. The third-order valence-electron chi connectivity index (χ3n) is 7.17. The van der Waals surface area contributed by atoms with E-state index in [1.165, 1.54) is 16.7 Å². The molecule has 6 nitrogen and oxygen atoms in total. The Hall–Kier alpha value is -2.28. The lowest BCUT2D eigenvalue weighted by Gasteiger charge is -2.27. The molecule has 0 amide bonds. The molecule has 0 aromatic carbocycles. The van der Waals surface area contributed by atoms with E-state index >= 15 is 0 Å². The second-order valence-electron chi connectivity index (χ2n) is 10.2. The van der Waals surface area contributed by atoms with Gasteiger partial charge in [-0.1, -0.05) is 39.3 Å². The van der Waals surface area contributed by atoms with E-state index in [1.54, 1.807) is 7.11 Å². The summed E-state index contributed by atoms with van der Waals surface area (Å²) >= 11 is 0. The first-order valence-electron chi connectivity index (χ1n) is 13.6. The predicted octanol–water partition coefficient (Wildman–Crippen LogP) is 5.96. The molecular weight excluding hydrogens is 448 g/mol. The molecule has 1 fully saturated rings. The van der Waals surface area contributed by atoms with Crippen LogP contribution >= 0.6 is 0 Å². The number of hydrogen-bond donors (Lipinski definition) is 1. The van der Waals surface area contributed by atoms with Crippen molar-refractivity contribution < 1.29 is 9.47 Å². The molecule has 0 aliphatic carbocycles. The van der Waals surface area contributed by atoms with Gasteiger partial charge in [-0.25, -0.2) is 9.97 Å². The first kappa shape index (κ1) is 28.3. The van der Waals surface area contributed by atoms with Crippen LogP contribution in [0.2, 0.25) is 0 Å². The van der Waals surface area contributed by atoms with E-state index < -0.39 is 0 Å². The van der Waals surface area contributed by atoms with Crippen molar-refractivity contribution >= 4 is 11.4 Å². The summed E-state index contributed by atoms with van der Waals surface area (Å²) in [7, 11) is 1.79. The number of aromatic nitrogens is 2. The summed E-state index contributed by atoms with van der Waals surface area (Å²) in [5.41, 5.74) is 7.93. The standard InChI is InChI=1S/C30H46N4O2/c1-8-22(5)28-25(19-24(9-2)20-35-7)18-23(6)29(33-28)26-10-11-27(21(3)4)32-30(26)31-12-13-34-14-16-36-17-15-34/h8,10-11,18,21,24H,9,12-17,19-20H2,1-7H3,(H,31,32)/b22-8-/t24-/m0/s1. The van der Waals surface area contributed by atoms with E-state index in [-0.39, 0.29) is 0 Å². The van der Waals surface area contributed by atoms with Crippen molar-refractivity contribution in [3.05, 3.63) is 46.8 Å². The maximum atomic E-state index is 5.50. The lowest BCUT2D eigenvalue weighted by Crippen LogP contribution is -2.39. The highest BCUT2D eigenvalue weighted by atomic mass is 16.5. The number of methoxy groups -OCH3 is 1. The van der Waals surface area contributed by atoms with Crippen molar-refractivity contribution in [2.75, 3.05) is 58.4 Å². The van der Waals surface area contributed by atoms with Gasteiger partial charge in [0.15, 0.2) is 0 Å². The number of nitrogens with one attached hydrogen (secondary N) is 1. The number of nitrogens with zero attached hydrogens (tertiary/aromatic N) is 3. The number of ether oxygens (including phenoxy) is 2. The van der Waals surface area contributed by atoms with Gasteiger partial charge in [0.05, 0.1) is 24.6 Å². The van der Waals surface area contributed by atoms with Crippen LogP contribution in [0.5, 0.6) is 0 Å². The number of allylic oxidation sites excluding steroid dienone is 2. The van der Waals surface area contributed by atoms with Gasteiger partial charge in [0, 0.05) is 51.2 Å². The smallest absolute Gasteiger partial charge is 0.135 e. The highest BCUT2D eigenvalue weighted by Crippen LogP contribution is 2.33. The fourth-order valence-corrected chi connectivity index (χ4v) is 4.72. The Balaban J connectivity index is 1.97. The highest BCUT2D eigenvalue weighted by Gasteiger charge is 2.19. The van der Waals surface area contributed by atoms with Gasteiger partial charge in [0.2, 0.25) is 0 Å². The minimum Gasteiger partial charge on any atom is -0.384 e. The van der Waals surface area contributed by atoms with Crippen LogP contribution in [0.25, 0.3) is 16.8 Å². The fourth-order valence-electron chi connectivity index (χ4n) is 4.72. The van der Waals surface area contributed by atoms with Gasteiger partial charge in [0.25, 0.3) is 0 Å². The molecular formula is C30H46N4O2. The lowest BCUT2D eigenvalue weighted by atomic mass is 9.92. The first-order chi connectivity index (χ1) is 17.4. The van der Waals surface area contributed by atoms with Gasteiger partial charge >= 0.3 is 0 Å². The van der Waals surface area contributed by atoms with E-state index in [4.69, 9.17) is 19.4 Å². The SMILES string of the molecule is C/C=C(/C)c1nc(-c2ccc(C(C)C)nc2NCCN2CCOCC2)c(C)cc1C[C@H](CC)COC. The fraction of sp³-hybridized carbons (Fsp3) is 0.600. The summed E-state index contributed by atoms with van der Waals surface area (Å²) in [5, 5.41) is 3.65. The Kier molecular flexibility index (Phi) is 10.9. The normalized spacial score (nSPS) is 15.9. The highest BCUT2D eigenvalue weighted by molar-refractivity contribution is 5.77. The number of pyridine rings is 2. The Morgan fingerprint density at radius 3 is 2.61 bits per heavy atom. The lowest BCUT2D eigenvalue weighted by molar-refractivity contribution is 0.0398. The van der Waals surface area contributed by atoms with Crippen LogP contribution in [0.3, 0.4) is 0 Å². The maximum absolute atomic E-state index is 5.50. The summed E-state index contributed by atoms with van der Waals surface area (Å²) in [4.78, 5) is 12.8. The topological polar surface area (TPSA) is 59.5 Å². The van der Waals surface area contributed by atoms with Crippen molar-refractivity contribution in [1.82, 2.24) is 14.9 Å². The van der Waals surface area contributed by atoms with E-state index in [1.807, 2.05) is 0 Å². The summed E-state index contributed by atoms with van der Waals surface area (Å²) in [6.07, 6.45) is 4.21. The molecule has 3 heterocycles. The third kappa shape index (κ3) is 7.37. The average Bonchev–Trinajstić information content (AvgIpc) is 2.88. The number of anilines is 1. The molecule has 0 bridgehead atoms. The maximum Gasteiger partial charge on any atom is 0.135 e. The first-order valence-corrected chi connectivity index (χ1v) is 13.6. The molecule has 1 saturated heterocycles. The van der Waals surface area contributed by atoms with Crippen molar-refractivity contribution in [2.24, 2.45) is 5.92 Å². The van der Waals surface area contributed by atoms with Crippen molar-refractivity contribution in [3.63, 3.8) is 0 Å². The molecule has 2 aromatic rings. The largest absolute Gasteiger partial charge is 0.384 e. The van der Waals surface area contributed by atoms with Crippen LogP contribution in [0.1, 0.15) is 69.5 Å². The van der Waals surface area contributed by atoms with E-state index in [0.29, 0.717) is 11.8 Å². The summed E-state index contributed by atoms with van der Waals surface area (Å²) in [6.45, 7) is 19.2. The monoisotopic (exact) mass is 494 g/mol. The Bertz CT molecular complexity index is 1010. The van der Waals surface area contributed by atoms with Gasteiger partial charge in [0.1, 0.15) is 5.82 Å². The zero-order chi connectivity index (χ0) is 26.1. The minimum absolute atomic E-state index is 0.364. The molecule has 2 aromatic heterocycles. The molecule has 6 heteroatoms. The van der Waals surface area contributed by atoms with Crippen molar-refractivity contribution in [3.8, 4) is 11.3 Å². The minimum atomic E-state index is 0.364. The summed E-state index contributed by atoms with van der Waals surface area (Å²) in [6, 6.07) is 6.68. The zero-order valence-corrected chi connectivity index (χ0v) is 23.5. The average molecular weight is 495 g/mol. The molecule has 1 aliphatic rings.